The summed E-state index contributed by atoms with van der Waals surface area (Å²) in [5, 5.41) is 0. The van der Waals surface area contributed by atoms with Crippen LogP contribution in [0.4, 0.5) is 0 Å². The lowest BCUT2D eigenvalue weighted by molar-refractivity contribution is 0.164. The smallest absolute Gasteiger partial charge is 0.296 e. The molecule has 0 heterocycles. The van der Waals surface area contributed by atoms with Gasteiger partial charge < -0.3 is 5.73 Å². The third-order valence-electron chi connectivity index (χ3n) is 3.04. The van der Waals surface area contributed by atoms with Crippen LogP contribution in [0.1, 0.15) is 18.4 Å². The summed E-state index contributed by atoms with van der Waals surface area (Å²) in [5.74, 6) is 0.283. The van der Waals surface area contributed by atoms with Gasteiger partial charge in [-0.05, 0) is 37.8 Å². The van der Waals surface area contributed by atoms with Crippen molar-refractivity contribution in [2.75, 3.05) is 6.61 Å². The fraction of sp³-hybridized carbons (Fsp3) is 0.500. The minimum Gasteiger partial charge on any atom is -0.328 e. The van der Waals surface area contributed by atoms with Crippen LogP contribution in [0.25, 0.3) is 0 Å². The van der Waals surface area contributed by atoms with E-state index in [1.165, 1.54) is 0 Å². The second-order valence-electron chi connectivity index (χ2n) is 4.65. The first kappa shape index (κ1) is 12.5. The highest BCUT2D eigenvalue weighted by molar-refractivity contribution is 7.86. The maximum atomic E-state index is 11.8. The Bertz CT molecular complexity index is 475. The van der Waals surface area contributed by atoms with E-state index in [2.05, 4.69) is 0 Å². The van der Waals surface area contributed by atoms with Crippen LogP contribution in [0.3, 0.4) is 0 Å². The Labute approximate surface area is 102 Å². The molecule has 0 spiro atoms. The lowest BCUT2D eigenvalue weighted by Crippen LogP contribution is -2.38. The van der Waals surface area contributed by atoms with Crippen LogP contribution in [0.2, 0.25) is 0 Å². The normalized spacial score (nSPS) is 24.4. The standard InChI is InChI=1S/C12H17NO3S/c1-9-2-4-12(5-3-9)17(14,15)16-8-10-6-11(13)7-10/h2-5,10-11H,6-8,13H2,1H3/t10-,11-. The van der Waals surface area contributed by atoms with E-state index >= 15 is 0 Å². The average molecular weight is 255 g/mol. The Kier molecular flexibility index (Phi) is 3.51. The zero-order valence-corrected chi connectivity index (χ0v) is 10.6. The van der Waals surface area contributed by atoms with E-state index in [1.807, 2.05) is 6.92 Å². The van der Waals surface area contributed by atoms with Crippen molar-refractivity contribution in [1.82, 2.24) is 0 Å². The molecule has 0 bridgehead atoms. The number of aryl methyl sites for hydroxylation is 1. The number of hydrogen-bond donors (Lipinski definition) is 1. The second kappa shape index (κ2) is 4.76. The van der Waals surface area contributed by atoms with Gasteiger partial charge in [-0.1, -0.05) is 17.7 Å². The summed E-state index contributed by atoms with van der Waals surface area (Å²) in [6, 6.07) is 6.87. The molecule has 1 aromatic rings. The van der Waals surface area contributed by atoms with Gasteiger partial charge in [-0.2, -0.15) is 8.42 Å². The van der Waals surface area contributed by atoms with Crippen LogP contribution in [0, 0.1) is 12.8 Å². The molecule has 2 rings (SSSR count). The number of rotatable bonds is 4. The Morgan fingerprint density at radius 3 is 2.41 bits per heavy atom. The first-order valence-electron chi connectivity index (χ1n) is 5.69. The van der Waals surface area contributed by atoms with Crippen LogP contribution >= 0.6 is 0 Å². The Balaban J connectivity index is 1.96. The molecule has 2 N–H and O–H groups in total. The van der Waals surface area contributed by atoms with Gasteiger partial charge in [-0.25, -0.2) is 0 Å². The van der Waals surface area contributed by atoms with Crippen LogP contribution in [0.15, 0.2) is 29.2 Å². The van der Waals surface area contributed by atoms with Gasteiger partial charge in [0.2, 0.25) is 0 Å². The van der Waals surface area contributed by atoms with Gasteiger partial charge in [-0.15, -0.1) is 0 Å². The van der Waals surface area contributed by atoms with Gasteiger partial charge in [0.1, 0.15) is 0 Å². The van der Waals surface area contributed by atoms with Gasteiger partial charge in [0.05, 0.1) is 11.5 Å². The molecule has 1 aliphatic rings. The molecule has 0 amide bonds. The third-order valence-corrected chi connectivity index (χ3v) is 4.34. The zero-order valence-electron chi connectivity index (χ0n) is 9.80. The fourth-order valence-electron chi connectivity index (χ4n) is 1.88. The van der Waals surface area contributed by atoms with E-state index < -0.39 is 10.1 Å². The molecule has 0 saturated heterocycles. The summed E-state index contributed by atoms with van der Waals surface area (Å²) >= 11 is 0. The van der Waals surface area contributed by atoms with Gasteiger partial charge in [0.15, 0.2) is 0 Å². The molecular formula is C12H17NO3S. The summed E-state index contributed by atoms with van der Waals surface area (Å²) in [4.78, 5) is 0.215. The number of nitrogens with two attached hydrogens (primary N) is 1. The van der Waals surface area contributed by atoms with Crippen molar-refractivity contribution in [2.24, 2.45) is 11.7 Å². The molecule has 0 unspecified atom stereocenters. The van der Waals surface area contributed by atoms with E-state index in [4.69, 9.17) is 9.92 Å². The summed E-state index contributed by atoms with van der Waals surface area (Å²) in [6.07, 6.45) is 1.70. The molecular weight excluding hydrogens is 238 g/mol. The molecule has 1 fully saturated rings. The summed E-state index contributed by atoms with van der Waals surface area (Å²) in [7, 11) is -3.61. The van der Waals surface area contributed by atoms with Crippen LogP contribution < -0.4 is 5.73 Å². The van der Waals surface area contributed by atoms with Crippen molar-refractivity contribution in [3.8, 4) is 0 Å². The lowest BCUT2D eigenvalue weighted by Gasteiger charge is -2.31. The Morgan fingerprint density at radius 1 is 1.29 bits per heavy atom. The molecule has 1 aliphatic carbocycles. The number of benzene rings is 1. The van der Waals surface area contributed by atoms with Crippen LogP contribution in [0.5, 0.6) is 0 Å². The molecule has 0 radical (unpaired) electrons. The van der Waals surface area contributed by atoms with Gasteiger partial charge >= 0.3 is 0 Å². The summed E-state index contributed by atoms with van der Waals surface area (Å²) in [5.41, 5.74) is 6.65. The molecule has 4 nitrogen and oxygen atoms in total. The summed E-state index contributed by atoms with van der Waals surface area (Å²) in [6.45, 7) is 2.15. The fourth-order valence-corrected chi connectivity index (χ4v) is 2.86. The minimum absolute atomic E-state index is 0.214. The maximum absolute atomic E-state index is 11.8. The van der Waals surface area contributed by atoms with Crippen molar-refractivity contribution in [3.05, 3.63) is 29.8 Å². The van der Waals surface area contributed by atoms with Crippen LogP contribution in [-0.2, 0) is 14.3 Å². The van der Waals surface area contributed by atoms with Crippen molar-refractivity contribution < 1.29 is 12.6 Å². The molecule has 0 aromatic heterocycles. The zero-order chi connectivity index (χ0) is 12.5. The lowest BCUT2D eigenvalue weighted by atomic mass is 9.82. The highest BCUT2D eigenvalue weighted by Crippen LogP contribution is 2.27. The average Bonchev–Trinajstić information content (AvgIpc) is 2.23. The number of hydrogen-bond acceptors (Lipinski definition) is 4. The van der Waals surface area contributed by atoms with Gasteiger partial charge in [0, 0.05) is 6.04 Å². The Morgan fingerprint density at radius 2 is 1.88 bits per heavy atom. The third kappa shape index (κ3) is 3.06. The predicted octanol–water partition coefficient (Wildman–Crippen LogP) is 1.44. The van der Waals surface area contributed by atoms with E-state index in [9.17, 15) is 8.42 Å². The quantitative estimate of drug-likeness (QED) is 0.826. The van der Waals surface area contributed by atoms with E-state index in [0.29, 0.717) is 0 Å². The van der Waals surface area contributed by atoms with Crippen molar-refractivity contribution in [2.45, 2.75) is 30.7 Å². The molecule has 94 valence electrons. The van der Waals surface area contributed by atoms with Crippen molar-refractivity contribution >= 4 is 10.1 Å². The predicted molar refractivity (Wildman–Crippen MR) is 65.0 cm³/mol. The first-order valence-corrected chi connectivity index (χ1v) is 7.10. The summed E-state index contributed by atoms with van der Waals surface area (Å²) < 4.78 is 28.7. The van der Waals surface area contributed by atoms with E-state index in [-0.39, 0.29) is 23.5 Å². The molecule has 17 heavy (non-hydrogen) atoms. The molecule has 5 heteroatoms. The highest BCUT2D eigenvalue weighted by atomic mass is 32.2. The van der Waals surface area contributed by atoms with Crippen molar-refractivity contribution in [1.29, 1.82) is 0 Å². The topological polar surface area (TPSA) is 69.4 Å². The largest absolute Gasteiger partial charge is 0.328 e. The highest BCUT2D eigenvalue weighted by Gasteiger charge is 2.28. The minimum atomic E-state index is -3.61. The van der Waals surface area contributed by atoms with Crippen molar-refractivity contribution in [3.63, 3.8) is 0 Å². The van der Waals surface area contributed by atoms with Gasteiger partial charge in [0.25, 0.3) is 10.1 Å². The maximum Gasteiger partial charge on any atom is 0.296 e. The molecule has 1 aromatic carbocycles. The van der Waals surface area contributed by atoms with E-state index in [0.717, 1.165) is 18.4 Å². The molecule has 0 atom stereocenters. The monoisotopic (exact) mass is 255 g/mol. The van der Waals surface area contributed by atoms with E-state index in [1.54, 1.807) is 24.3 Å². The SMILES string of the molecule is Cc1ccc(S(=O)(=O)OC[C@H]2C[C@H](N)C2)cc1. The second-order valence-corrected chi connectivity index (χ2v) is 6.26. The van der Waals surface area contributed by atoms with Gasteiger partial charge in [-0.3, -0.25) is 4.18 Å². The Hall–Kier alpha value is -0.910. The first-order chi connectivity index (χ1) is 7.97. The molecule has 1 saturated carbocycles. The van der Waals surface area contributed by atoms with Crippen LogP contribution in [-0.4, -0.2) is 21.1 Å². The molecule has 0 aliphatic heterocycles.